The van der Waals surface area contributed by atoms with Crippen LogP contribution in [0.5, 0.6) is 17.2 Å². The molecule has 0 heterocycles. The topological polar surface area (TPSA) is 83.1 Å². The minimum absolute atomic E-state index is 0.143. The second-order valence-electron chi connectivity index (χ2n) is 5.53. The van der Waals surface area contributed by atoms with Gasteiger partial charge < -0.3 is 24.3 Å². The van der Waals surface area contributed by atoms with Crippen molar-refractivity contribution in [3.05, 3.63) is 53.6 Å². The Morgan fingerprint density at radius 2 is 1.44 bits per heavy atom. The van der Waals surface area contributed by atoms with Gasteiger partial charge in [-0.15, -0.1) is 0 Å². The third-order valence-electron chi connectivity index (χ3n) is 3.88. The van der Waals surface area contributed by atoms with Gasteiger partial charge in [-0.3, -0.25) is 4.79 Å². The summed E-state index contributed by atoms with van der Waals surface area (Å²) in [5.74, 6) is 0.310. The molecule has 2 aromatic rings. The Labute approximate surface area is 158 Å². The lowest BCUT2D eigenvalue weighted by molar-refractivity contribution is -0.124. The van der Waals surface area contributed by atoms with Gasteiger partial charge in [0.05, 0.1) is 21.3 Å². The van der Waals surface area contributed by atoms with Crippen LogP contribution in [0.15, 0.2) is 42.5 Å². The van der Waals surface area contributed by atoms with Crippen LogP contribution < -0.4 is 19.5 Å². The highest BCUT2D eigenvalue weighted by Crippen LogP contribution is 2.28. The van der Waals surface area contributed by atoms with Crippen molar-refractivity contribution in [3.8, 4) is 17.2 Å². The highest BCUT2D eigenvalue weighted by molar-refractivity contribution is 5.96. The fourth-order valence-corrected chi connectivity index (χ4v) is 2.55. The quantitative estimate of drug-likeness (QED) is 0.679. The number of benzene rings is 2. The molecule has 0 aliphatic carbocycles. The van der Waals surface area contributed by atoms with Gasteiger partial charge in [-0.2, -0.15) is 0 Å². The summed E-state index contributed by atoms with van der Waals surface area (Å²) in [4.78, 5) is 24.3. The molecule has 0 bridgehead atoms. The minimum atomic E-state index is -0.691. The Morgan fingerprint density at radius 1 is 0.852 bits per heavy atom. The Kier molecular flexibility index (Phi) is 7.49. The van der Waals surface area contributed by atoms with Crippen molar-refractivity contribution < 1.29 is 28.5 Å². The monoisotopic (exact) mass is 373 g/mol. The molecular weight excluding hydrogens is 350 g/mol. The summed E-state index contributed by atoms with van der Waals surface area (Å²) in [6, 6.07) is 12.5. The molecule has 1 amide bonds. The van der Waals surface area contributed by atoms with Crippen molar-refractivity contribution in [3.63, 3.8) is 0 Å². The number of amides is 1. The van der Waals surface area contributed by atoms with Crippen molar-refractivity contribution >= 4 is 11.9 Å². The maximum atomic E-state index is 12.3. The molecule has 0 radical (unpaired) electrons. The van der Waals surface area contributed by atoms with Crippen molar-refractivity contribution in [2.45, 2.75) is 6.42 Å². The van der Waals surface area contributed by atoms with E-state index in [0.717, 1.165) is 11.3 Å². The number of hydrogen-bond acceptors (Lipinski definition) is 6. The number of para-hydroxylation sites is 1. The van der Waals surface area contributed by atoms with Crippen molar-refractivity contribution in [1.29, 1.82) is 0 Å². The molecule has 27 heavy (non-hydrogen) atoms. The summed E-state index contributed by atoms with van der Waals surface area (Å²) in [6.45, 7) is 0.000692. The molecule has 0 fully saturated rings. The zero-order chi connectivity index (χ0) is 19.6. The van der Waals surface area contributed by atoms with Gasteiger partial charge in [-0.25, -0.2) is 4.79 Å². The first kappa shape index (κ1) is 20.1. The molecule has 1 N–H and O–H groups in total. The van der Waals surface area contributed by atoms with E-state index >= 15 is 0 Å². The summed E-state index contributed by atoms with van der Waals surface area (Å²) in [5.41, 5.74) is 1.13. The Bertz CT molecular complexity index is 768. The number of nitrogens with one attached hydrogen (secondary N) is 1. The van der Waals surface area contributed by atoms with Crippen LogP contribution in [0.25, 0.3) is 0 Å². The number of methoxy groups -OCH3 is 3. The molecule has 0 unspecified atom stereocenters. The second kappa shape index (κ2) is 10.1. The van der Waals surface area contributed by atoms with E-state index in [-0.39, 0.29) is 5.56 Å². The van der Waals surface area contributed by atoms with E-state index in [2.05, 4.69) is 5.32 Å². The zero-order valence-corrected chi connectivity index (χ0v) is 15.6. The summed E-state index contributed by atoms with van der Waals surface area (Å²) in [6.07, 6.45) is 0.601. The van der Waals surface area contributed by atoms with Gasteiger partial charge in [-0.1, -0.05) is 24.3 Å². The fourth-order valence-electron chi connectivity index (χ4n) is 2.55. The standard InChI is InChI=1S/C20H23NO6/c1-24-15-8-5-4-7-14(15)11-12-21-18(22)13-27-20(23)19-16(25-2)9-6-10-17(19)26-3/h4-10H,11-13H2,1-3H3,(H,21,22). The van der Waals surface area contributed by atoms with Crippen LogP contribution in [-0.2, 0) is 16.0 Å². The summed E-state index contributed by atoms with van der Waals surface area (Å²) in [5, 5.41) is 2.71. The first-order valence-corrected chi connectivity index (χ1v) is 8.37. The Hall–Kier alpha value is -3.22. The minimum Gasteiger partial charge on any atom is -0.496 e. The van der Waals surface area contributed by atoms with Crippen LogP contribution in [0.4, 0.5) is 0 Å². The predicted octanol–water partition coefficient (Wildman–Crippen LogP) is 2.23. The molecular formula is C20H23NO6. The molecule has 0 saturated heterocycles. The fraction of sp³-hybridized carbons (Fsp3) is 0.300. The number of hydrogen-bond donors (Lipinski definition) is 1. The summed E-state index contributed by atoms with van der Waals surface area (Å²) in [7, 11) is 4.48. The summed E-state index contributed by atoms with van der Waals surface area (Å²) >= 11 is 0. The lowest BCUT2D eigenvalue weighted by Crippen LogP contribution is -2.30. The van der Waals surface area contributed by atoms with Crippen LogP contribution in [-0.4, -0.2) is 46.4 Å². The predicted molar refractivity (Wildman–Crippen MR) is 99.5 cm³/mol. The zero-order valence-electron chi connectivity index (χ0n) is 15.6. The summed E-state index contributed by atoms with van der Waals surface area (Å²) < 4.78 is 20.7. The largest absolute Gasteiger partial charge is 0.496 e. The van der Waals surface area contributed by atoms with E-state index in [1.165, 1.54) is 14.2 Å². The van der Waals surface area contributed by atoms with Crippen molar-refractivity contribution in [1.82, 2.24) is 5.32 Å². The third-order valence-corrected chi connectivity index (χ3v) is 3.88. The van der Waals surface area contributed by atoms with E-state index in [4.69, 9.17) is 18.9 Å². The van der Waals surface area contributed by atoms with E-state index in [0.29, 0.717) is 24.5 Å². The number of esters is 1. The Morgan fingerprint density at radius 3 is 2.07 bits per heavy atom. The maximum absolute atomic E-state index is 12.3. The molecule has 0 aromatic heterocycles. The number of rotatable bonds is 9. The molecule has 7 heteroatoms. The average molecular weight is 373 g/mol. The molecule has 0 spiro atoms. The van der Waals surface area contributed by atoms with Gasteiger partial charge in [-0.05, 0) is 30.2 Å². The first-order valence-electron chi connectivity index (χ1n) is 8.37. The third kappa shape index (κ3) is 5.37. The van der Waals surface area contributed by atoms with Gasteiger partial charge in [0.25, 0.3) is 5.91 Å². The van der Waals surface area contributed by atoms with Crippen LogP contribution in [0.3, 0.4) is 0 Å². The molecule has 0 saturated carbocycles. The van der Waals surface area contributed by atoms with E-state index < -0.39 is 18.5 Å². The molecule has 2 aromatic carbocycles. The molecule has 2 rings (SSSR count). The maximum Gasteiger partial charge on any atom is 0.346 e. The van der Waals surface area contributed by atoms with Crippen LogP contribution in [0.1, 0.15) is 15.9 Å². The highest BCUT2D eigenvalue weighted by Gasteiger charge is 2.20. The van der Waals surface area contributed by atoms with Crippen LogP contribution in [0, 0.1) is 0 Å². The van der Waals surface area contributed by atoms with Gasteiger partial charge in [0.2, 0.25) is 0 Å². The lowest BCUT2D eigenvalue weighted by atomic mass is 10.1. The van der Waals surface area contributed by atoms with Gasteiger partial charge in [0, 0.05) is 6.54 Å². The molecule has 0 aliphatic heterocycles. The van der Waals surface area contributed by atoms with Crippen molar-refractivity contribution in [2.75, 3.05) is 34.5 Å². The van der Waals surface area contributed by atoms with E-state index in [1.54, 1.807) is 25.3 Å². The van der Waals surface area contributed by atoms with Crippen LogP contribution >= 0.6 is 0 Å². The van der Waals surface area contributed by atoms with Gasteiger partial charge in [0.15, 0.2) is 6.61 Å². The molecule has 7 nitrogen and oxygen atoms in total. The normalized spacial score (nSPS) is 10.0. The van der Waals surface area contributed by atoms with Gasteiger partial charge in [0.1, 0.15) is 22.8 Å². The number of carbonyl (C=O) groups excluding carboxylic acids is 2. The SMILES string of the molecule is COc1ccccc1CCNC(=O)COC(=O)c1c(OC)cccc1OC. The highest BCUT2D eigenvalue weighted by atomic mass is 16.5. The number of carbonyl (C=O) groups is 2. The average Bonchev–Trinajstić information content (AvgIpc) is 2.71. The Balaban J connectivity index is 1.86. The lowest BCUT2D eigenvalue weighted by Gasteiger charge is -2.12. The number of ether oxygens (including phenoxy) is 4. The first-order chi connectivity index (χ1) is 13.1. The molecule has 144 valence electrons. The molecule has 0 atom stereocenters. The van der Waals surface area contributed by atoms with Crippen LogP contribution in [0.2, 0.25) is 0 Å². The van der Waals surface area contributed by atoms with Gasteiger partial charge >= 0.3 is 5.97 Å². The molecule has 0 aliphatic rings. The second-order valence-corrected chi connectivity index (χ2v) is 5.53. The van der Waals surface area contributed by atoms with E-state index in [1.807, 2.05) is 24.3 Å². The van der Waals surface area contributed by atoms with Crippen molar-refractivity contribution in [2.24, 2.45) is 0 Å². The van der Waals surface area contributed by atoms with E-state index in [9.17, 15) is 9.59 Å². The smallest absolute Gasteiger partial charge is 0.346 e.